The van der Waals surface area contributed by atoms with Crippen molar-refractivity contribution in [3.8, 4) is 22.5 Å². The molecule has 0 saturated carbocycles. The first kappa shape index (κ1) is 21.6. The Kier molecular flexibility index (Phi) is 5.71. The lowest BCUT2D eigenvalue weighted by Gasteiger charge is -2.32. The van der Waals surface area contributed by atoms with E-state index in [4.69, 9.17) is 11.6 Å². The average Bonchev–Trinajstić information content (AvgIpc) is 3.04. The van der Waals surface area contributed by atoms with E-state index in [1.165, 1.54) is 24.1 Å². The van der Waals surface area contributed by atoms with Crippen molar-refractivity contribution in [1.29, 1.82) is 0 Å². The largest absolute Gasteiger partial charge is 0.465 e. The fraction of sp³-hybridized carbons (Fsp3) is 0.316. The molecule has 8 nitrogen and oxygen atoms in total. The summed E-state index contributed by atoms with van der Waals surface area (Å²) in [6.45, 7) is 4.85. The van der Waals surface area contributed by atoms with Gasteiger partial charge in [0, 0.05) is 22.3 Å². The van der Waals surface area contributed by atoms with Crippen LogP contribution in [0.3, 0.4) is 0 Å². The number of nitrogens with zero attached hydrogens (tertiary/aromatic N) is 6. The summed E-state index contributed by atoms with van der Waals surface area (Å²) in [7, 11) is 1.53. The molecule has 1 amide bonds. The van der Waals surface area contributed by atoms with Gasteiger partial charge in [-0.05, 0) is 49.7 Å². The molecule has 2 heterocycles. The van der Waals surface area contributed by atoms with Crippen molar-refractivity contribution >= 4 is 17.7 Å². The van der Waals surface area contributed by atoms with Crippen LogP contribution in [0.4, 0.5) is 13.6 Å². The number of halogens is 3. The summed E-state index contributed by atoms with van der Waals surface area (Å²) < 4.78 is 29.5. The summed E-state index contributed by atoms with van der Waals surface area (Å²) in [6.07, 6.45) is 0.132. The summed E-state index contributed by atoms with van der Waals surface area (Å²) >= 11 is 6.00. The molecule has 0 aliphatic rings. The number of aryl methyl sites for hydroxylation is 1. The Balaban J connectivity index is 2.06. The molecule has 2 aromatic heterocycles. The van der Waals surface area contributed by atoms with E-state index in [2.05, 4.69) is 20.4 Å². The van der Waals surface area contributed by atoms with Crippen LogP contribution in [0.2, 0.25) is 5.02 Å². The zero-order valence-electron chi connectivity index (χ0n) is 16.7. The minimum atomic E-state index is -1.19. The third-order valence-electron chi connectivity index (χ3n) is 4.36. The maximum atomic E-state index is 14.8. The number of rotatable bonds is 4. The first-order valence-electron chi connectivity index (χ1n) is 8.86. The van der Waals surface area contributed by atoms with Gasteiger partial charge in [-0.2, -0.15) is 4.80 Å². The number of carbonyl (C=O) groups is 1. The molecule has 3 rings (SSSR count). The van der Waals surface area contributed by atoms with E-state index >= 15 is 0 Å². The number of hydrogen-bond acceptors (Lipinski definition) is 5. The van der Waals surface area contributed by atoms with Crippen LogP contribution in [0.15, 0.2) is 24.4 Å². The lowest BCUT2D eigenvalue weighted by molar-refractivity contribution is 0.0939. The molecule has 0 aliphatic heterocycles. The number of carboxylic acid groups (broad SMARTS) is 1. The van der Waals surface area contributed by atoms with Gasteiger partial charge in [-0.1, -0.05) is 11.6 Å². The maximum Gasteiger partial charge on any atom is 0.408 e. The molecule has 0 unspecified atom stereocenters. The monoisotopic (exact) mass is 436 g/mol. The SMILES string of the molecule is Cn1nnc(-c2c(F)cc(Cl)cc2-c2cnc(CN(C(=O)O)C(C)(C)C)c(F)c2)n1. The van der Waals surface area contributed by atoms with Gasteiger partial charge in [-0.3, -0.25) is 9.88 Å². The van der Waals surface area contributed by atoms with Crippen molar-refractivity contribution in [2.24, 2.45) is 7.05 Å². The first-order chi connectivity index (χ1) is 14.0. The fourth-order valence-electron chi connectivity index (χ4n) is 2.88. The quantitative estimate of drug-likeness (QED) is 0.659. The summed E-state index contributed by atoms with van der Waals surface area (Å²) in [5.41, 5.74) is -0.338. The van der Waals surface area contributed by atoms with Crippen LogP contribution < -0.4 is 0 Å². The second-order valence-corrected chi connectivity index (χ2v) is 8.04. The summed E-state index contributed by atoms with van der Waals surface area (Å²) in [6, 6.07) is 3.70. The van der Waals surface area contributed by atoms with Crippen LogP contribution in [0.25, 0.3) is 22.5 Å². The topological polar surface area (TPSA) is 97.0 Å². The predicted molar refractivity (Wildman–Crippen MR) is 106 cm³/mol. The predicted octanol–water partition coefficient (Wildman–Crippen LogP) is 4.15. The van der Waals surface area contributed by atoms with E-state index in [0.717, 1.165) is 17.0 Å². The maximum absolute atomic E-state index is 14.8. The van der Waals surface area contributed by atoms with Gasteiger partial charge in [0.25, 0.3) is 0 Å². The summed E-state index contributed by atoms with van der Waals surface area (Å²) in [5, 5.41) is 21.0. The highest BCUT2D eigenvalue weighted by Gasteiger charge is 2.28. The lowest BCUT2D eigenvalue weighted by atomic mass is 9.99. The Hall–Kier alpha value is -3.14. The van der Waals surface area contributed by atoms with Gasteiger partial charge < -0.3 is 5.11 Å². The van der Waals surface area contributed by atoms with Gasteiger partial charge in [0.15, 0.2) is 0 Å². The molecule has 0 fully saturated rings. The van der Waals surface area contributed by atoms with Gasteiger partial charge in [0.05, 0.1) is 24.8 Å². The molecule has 0 bridgehead atoms. The third kappa shape index (κ3) is 4.38. The average molecular weight is 437 g/mol. The molecule has 158 valence electrons. The number of hydrogen-bond donors (Lipinski definition) is 1. The Morgan fingerprint density at radius 1 is 1.23 bits per heavy atom. The molecule has 0 spiro atoms. The second kappa shape index (κ2) is 7.94. The van der Waals surface area contributed by atoms with Crippen molar-refractivity contribution in [1.82, 2.24) is 30.1 Å². The molecule has 0 atom stereocenters. The molecule has 30 heavy (non-hydrogen) atoms. The zero-order valence-corrected chi connectivity index (χ0v) is 17.4. The molecular formula is C19H19ClF2N6O2. The molecule has 0 aliphatic carbocycles. The number of tetrazole rings is 1. The minimum absolute atomic E-state index is 0.00306. The number of pyridine rings is 1. The van der Waals surface area contributed by atoms with Gasteiger partial charge in [-0.25, -0.2) is 13.6 Å². The highest BCUT2D eigenvalue weighted by Crippen LogP contribution is 2.35. The van der Waals surface area contributed by atoms with Crippen LogP contribution in [0, 0.1) is 11.6 Å². The molecule has 3 aromatic rings. The molecule has 11 heteroatoms. The number of aromatic nitrogens is 5. The van der Waals surface area contributed by atoms with Crippen molar-refractivity contribution < 1.29 is 18.7 Å². The standard InChI is InChI=1S/C19H19ClF2N6O2/c1-19(2,3)28(18(29)30)9-15-13(21)5-10(8-23-15)12-6-11(20)7-14(22)16(12)17-24-26-27(4)25-17/h5-8H,9H2,1-4H3,(H,29,30). The first-order valence-corrected chi connectivity index (χ1v) is 9.24. The van der Waals surface area contributed by atoms with E-state index in [0.29, 0.717) is 0 Å². The minimum Gasteiger partial charge on any atom is -0.465 e. The molecule has 0 saturated heterocycles. The van der Waals surface area contributed by atoms with E-state index in [1.54, 1.807) is 20.8 Å². The molecule has 1 N–H and O–H groups in total. The van der Waals surface area contributed by atoms with Crippen LogP contribution >= 0.6 is 11.6 Å². The van der Waals surface area contributed by atoms with Gasteiger partial charge in [-0.15, -0.1) is 10.2 Å². The summed E-state index contributed by atoms with van der Waals surface area (Å²) in [5.74, 6) is -1.42. The van der Waals surface area contributed by atoms with E-state index in [-0.39, 0.29) is 39.8 Å². The lowest BCUT2D eigenvalue weighted by Crippen LogP contribution is -2.44. The normalized spacial score (nSPS) is 11.6. The van der Waals surface area contributed by atoms with E-state index in [9.17, 15) is 18.7 Å². The molecule has 0 radical (unpaired) electrons. The molecular weight excluding hydrogens is 418 g/mol. The van der Waals surface area contributed by atoms with Crippen LogP contribution in [-0.2, 0) is 13.6 Å². The third-order valence-corrected chi connectivity index (χ3v) is 4.58. The Morgan fingerprint density at radius 3 is 2.47 bits per heavy atom. The fourth-order valence-corrected chi connectivity index (χ4v) is 3.09. The van der Waals surface area contributed by atoms with Gasteiger partial charge in [0.2, 0.25) is 5.82 Å². The van der Waals surface area contributed by atoms with E-state index < -0.39 is 23.3 Å². The van der Waals surface area contributed by atoms with Crippen LogP contribution in [0.1, 0.15) is 26.5 Å². The van der Waals surface area contributed by atoms with Crippen molar-refractivity contribution in [2.45, 2.75) is 32.9 Å². The highest BCUT2D eigenvalue weighted by atomic mass is 35.5. The second-order valence-electron chi connectivity index (χ2n) is 7.60. The Bertz CT molecular complexity index is 1110. The number of benzene rings is 1. The van der Waals surface area contributed by atoms with E-state index in [1.807, 2.05) is 0 Å². The van der Waals surface area contributed by atoms with Crippen molar-refractivity contribution in [2.75, 3.05) is 0 Å². The van der Waals surface area contributed by atoms with Crippen LogP contribution in [0.5, 0.6) is 0 Å². The zero-order chi connectivity index (χ0) is 22.2. The van der Waals surface area contributed by atoms with Crippen LogP contribution in [-0.4, -0.2) is 46.8 Å². The number of amides is 1. The van der Waals surface area contributed by atoms with Gasteiger partial charge >= 0.3 is 6.09 Å². The Labute approximate surface area is 176 Å². The smallest absolute Gasteiger partial charge is 0.408 e. The van der Waals surface area contributed by atoms with Crippen molar-refractivity contribution in [3.63, 3.8) is 0 Å². The molecule has 1 aromatic carbocycles. The summed E-state index contributed by atoms with van der Waals surface area (Å²) in [4.78, 5) is 17.9. The van der Waals surface area contributed by atoms with Gasteiger partial charge in [0.1, 0.15) is 11.6 Å². The Morgan fingerprint density at radius 2 is 1.93 bits per heavy atom. The highest BCUT2D eigenvalue weighted by molar-refractivity contribution is 6.31. The van der Waals surface area contributed by atoms with Crippen molar-refractivity contribution in [3.05, 3.63) is 46.7 Å².